The fourth-order valence-electron chi connectivity index (χ4n) is 1.83. The number of thiol groups is 1. The first kappa shape index (κ1) is 9.90. The molecule has 0 spiro atoms. The van der Waals surface area contributed by atoms with Crippen LogP contribution in [0.3, 0.4) is 0 Å². The Morgan fingerprint density at radius 2 is 2.33 bits per heavy atom. The third-order valence-corrected chi connectivity index (χ3v) is 3.03. The second-order valence-electron chi connectivity index (χ2n) is 3.63. The lowest BCUT2D eigenvalue weighted by molar-refractivity contribution is -0.118. The van der Waals surface area contributed by atoms with Crippen LogP contribution in [0.4, 0.5) is 0 Å². The highest BCUT2D eigenvalue weighted by molar-refractivity contribution is 7.81. The van der Waals surface area contributed by atoms with E-state index in [0.717, 1.165) is 12.5 Å². The molecular weight excluding hydrogens is 170 g/mol. The maximum Gasteiger partial charge on any atom is 0.229 e. The summed E-state index contributed by atoms with van der Waals surface area (Å²) >= 11 is 3.90. The SMILES string of the molecule is CC1CCCC1CNC(=O)CS. The van der Waals surface area contributed by atoms with Crippen molar-refractivity contribution in [1.82, 2.24) is 5.32 Å². The van der Waals surface area contributed by atoms with Crippen molar-refractivity contribution in [3.8, 4) is 0 Å². The molecule has 0 aromatic heterocycles. The van der Waals surface area contributed by atoms with Gasteiger partial charge in [0.15, 0.2) is 0 Å². The lowest BCUT2D eigenvalue weighted by Gasteiger charge is -2.15. The summed E-state index contributed by atoms with van der Waals surface area (Å²) in [6.45, 7) is 3.12. The highest BCUT2D eigenvalue weighted by atomic mass is 32.1. The van der Waals surface area contributed by atoms with Crippen molar-refractivity contribution < 1.29 is 4.79 Å². The van der Waals surface area contributed by atoms with Gasteiger partial charge in [-0.2, -0.15) is 12.6 Å². The lowest BCUT2D eigenvalue weighted by Crippen LogP contribution is -2.30. The summed E-state index contributed by atoms with van der Waals surface area (Å²) in [5.74, 6) is 1.85. The Kier molecular flexibility index (Phi) is 3.92. The number of carbonyl (C=O) groups excluding carboxylic acids is 1. The van der Waals surface area contributed by atoms with Crippen molar-refractivity contribution in [2.24, 2.45) is 11.8 Å². The molecule has 2 unspecified atom stereocenters. The topological polar surface area (TPSA) is 29.1 Å². The van der Waals surface area contributed by atoms with Crippen molar-refractivity contribution in [2.45, 2.75) is 26.2 Å². The maximum atomic E-state index is 10.9. The number of nitrogens with one attached hydrogen (secondary N) is 1. The van der Waals surface area contributed by atoms with Crippen molar-refractivity contribution in [1.29, 1.82) is 0 Å². The molecule has 70 valence electrons. The van der Waals surface area contributed by atoms with Crippen LogP contribution in [-0.2, 0) is 4.79 Å². The Morgan fingerprint density at radius 1 is 1.58 bits per heavy atom. The van der Waals surface area contributed by atoms with Crippen molar-refractivity contribution >= 4 is 18.5 Å². The van der Waals surface area contributed by atoms with Gasteiger partial charge in [0, 0.05) is 6.54 Å². The van der Waals surface area contributed by atoms with Crippen LogP contribution in [0, 0.1) is 11.8 Å². The smallest absolute Gasteiger partial charge is 0.229 e. The first-order chi connectivity index (χ1) is 5.74. The van der Waals surface area contributed by atoms with Crippen LogP contribution < -0.4 is 5.32 Å². The second-order valence-corrected chi connectivity index (χ2v) is 3.95. The van der Waals surface area contributed by atoms with Gasteiger partial charge in [-0.05, 0) is 18.3 Å². The van der Waals surface area contributed by atoms with Gasteiger partial charge < -0.3 is 5.32 Å². The Labute approximate surface area is 79.5 Å². The minimum Gasteiger partial charge on any atom is -0.355 e. The molecule has 0 radical (unpaired) electrons. The Hall–Kier alpha value is -0.180. The molecule has 1 aliphatic rings. The molecular formula is C9H17NOS. The molecule has 3 heteroatoms. The Balaban J connectivity index is 2.18. The third-order valence-electron chi connectivity index (χ3n) is 2.74. The summed E-state index contributed by atoms with van der Waals surface area (Å²) in [4.78, 5) is 10.9. The van der Waals surface area contributed by atoms with Gasteiger partial charge in [-0.3, -0.25) is 4.79 Å². The quantitative estimate of drug-likeness (QED) is 0.644. The average Bonchev–Trinajstić information content (AvgIpc) is 2.47. The summed E-state index contributed by atoms with van der Waals surface area (Å²) in [6.07, 6.45) is 3.91. The molecule has 0 aromatic rings. The monoisotopic (exact) mass is 187 g/mol. The Morgan fingerprint density at radius 3 is 2.83 bits per heavy atom. The van der Waals surface area contributed by atoms with Gasteiger partial charge in [-0.15, -0.1) is 0 Å². The van der Waals surface area contributed by atoms with E-state index < -0.39 is 0 Å². The molecule has 1 fully saturated rings. The number of rotatable bonds is 3. The van der Waals surface area contributed by atoms with Gasteiger partial charge in [0.2, 0.25) is 5.91 Å². The van der Waals surface area contributed by atoms with Gasteiger partial charge in [-0.1, -0.05) is 19.8 Å². The van der Waals surface area contributed by atoms with Crippen molar-refractivity contribution in [3.63, 3.8) is 0 Å². The summed E-state index contributed by atoms with van der Waals surface area (Å²) in [7, 11) is 0. The molecule has 2 atom stereocenters. The zero-order chi connectivity index (χ0) is 8.97. The molecule has 1 rings (SSSR count). The van der Waals surface area contributed by atoms with Crippen molar-refractivity contribution in [3.05, 3.63) is 0 Å². The molecule has 12 heavy (non-hydrogen) atoms. The van der Waals surface area contributed by atoms with E-state index in [1.807, 2.05) is 0 Å². The highest BCUT2D eigenvalue weighted by Crippen LogP contribution is 2.30. The highest BCUT2D eigenvalue weighted by Gasteiger charge is 2.23. The minimum absolute atomic E-state index is 0.0532. The summed E-state index contributed by atoms with van der Waals surface area (Å²) < 4.78 is 0. The number of carbonyl (C=O) groups is 1. The molecule has 1 saturated carbocycles. The second kappa shape index (κ2) is 4.75. The van der Waals surface area contributed by atoms with Crippen LogP contribution in [0.25, 0.3) is 0 Å². The maximum absolute atomic E-state index is 10.9. The van der Waals surface area contributed by atoms with E-state index in [1.165, 1.54) is 19.3 Å². The minimum atomic E-state index is 0.0532. The Bertz CT molecular complexity index is 161. The van der Waals surface area contributed by atoms with Crippen LogP contribution in [0.1, 0.15) is 26.2 Å². The number of hydrogen-bond donors (Lipinski definition) is 2. The molecule has 0 aromatic carbocycles. The molecule has 1 N–H and O–H groups in total. The molecule has 0 bridgehead atoms. The molecule has 0 aliphatic heterocycles. The van der Waals surface area contributed by atoms with E-state index in [1.54, 1.807) is 0 Å². The largest absolute Gasteiger partial charge is 0.355 e. The summed E-state index contributed by atoms with van der Waals surface area (Å²) in [5.41, 5.74) is 0. The summed E-state index contributed by atoms with van der Waals surface area (Å²) in [5, 5.41) is 2.89. The van der Waals surface area contributed by atoms with Gasteiger partial charge in [0.1, 0.15) is 0 Å². The van der Waals surface area contributed by atoms with E-state index in [2.05, 4.69) is 24.9 Å². The normalized spacial score (nSPS) is 28.8. The zero-order valence-corrected chi connectivity index (χ0v) is 8.44. The average molecular weight is 187 g/mol. The number of hydrogen-bond acceptors (Lipinski definition) is 2. The van der Waals surface area contributed by atoms with E-state index in [0.29, 0.717) is 11.7 Å². The van der Waals surface area contributed by atoms with Crippen molar-refractivity contribution in [2.75, 3.05) is 12.3 Å². The molecule has 1 aliphatic carbocycles. The fraction of sp³-hybridized carbons (Fsp3) is 0.889. The molecule has 1 amide bonds. The summed E-state index contributed by atoms with van der Waals surface area (Å²) in [6, 6.07) is 0. The molecule has 0 saturated heterocycles. The van der Waals surface area contributed by atoms with Crippen LogP contribution in [0.5, 0.6) is 0 Å². The number of amides is 1. The first-order valence-electron chi connectivity index (χ1n) is 4.61. The molecule has 2 nitrogen and oxygen atoms in total. The van der Waals surface area contributed by atoms with E-state index in [9.17, 15) is 4.79 Å². The fourth-order valence-corrected chi connectivity index (χ4v) is 1.94. The van der Waals surface area contributed by atoms with Gasteiger partial charge >= 0.3 is 0 Å². The molecule has 0 heterocycles. The van der Waals surface area contributed by atoms with Gasteiger partial charge in [0.05, 0.1) is 5.75 Å². The third kappa shape index (κ3) is 2.70. The standard InChI is InChI=1S/C9H17NOS/c1-7-3-2-4-8(7)5-10-9(11)6-12/h7-8,12H,2-6H2,1H3,(H,10,11). The first-order valence-corrected chi connectivity index (χ1v) is 5.25. The van der Waals surface area contributed by atoms with E-state index in [4.69, 9.17) is 0 Å². The van der Waals surface area contributed by atoms with Crippen LogP contribution >= 0.6 is 12.6 Å². The zero-order valence-electron chi connectivity index (χ0n) is 7.55. The van der Waals surface area contributed by atoms with Gasteiger partial charge in [-0.25, -0.2) is 0 Å². The van der Waals surface area contributed by atoms with E-state index >= 15 is 0 Å². The lowest BCUT2D eigenvalue weighted by atomic mass is 9.98. The van der Waals surface area contributed by atoms with Crippen LogP contribution in [0.2, 0.25) is 0 Å². The predicted octanol–water partition coefficient (Wildman–Crippen LogP) is 1.47. The van der Waals surface area contributed by atoms with E-state index in [-0.39, 0.29) is 5.91 Å². The van der Waals surface area contributed by atoms with Gasteiger partial charge in [0.25, 0.3) is 0 Å². The van der Waals surface area contributed by atoms with Crippen LogP contribution in [-0.4, -0.2) is 18.2 Å². The predicted molar refractivity (Wildman–Crippen MR) is 53.4 cm³/mol. The van der Waals surface area contributed by atoms with Crippen LogP contribution in [0.15, 0.2) is 0 Å².